The van der Waals surface area contributed by atoms with Crippen LogP contribution in [-0.4, -0.2) is 47.6 Å². The number of benzene rings is 1. The Bertz CT molecular complexity index is 879. The summed E-state index contributed by atoms with van der Waals surface area (Å²) in [7, 11) is -0.877. The zero-order valence-electron chi connectivity index (χ0n) is 14.5. The standard InChI is InChI=1S/C16H19N3O5S2/c1-23-12-6-7-15(24-2)14(9-12)19(26(3,21)22)11-16(20)18-17-10-13-5-4-8-25-13/h4-10H,11H2,1-3H3,(H,18,20). The first kappa shape index (κ1) is 19.7. The quantitative estimate of drug-likeness (QED) is 0.540. The van der Waals surface area contributed by atoms with Crippen molar-refractivity contribution in [3.63, 3.8) is 0 Å². The van der Waals surface area contributed by atoms with Crippen LogP contribution >= 0.6 is 11.3 Å². The van der Waals surface area contributed by atoms with Crippen LogP contribution in [0.4, 0.5) is 5.69 Å². The van der Waals surface area contributed by atoms with Gasteiger partial charge in [-0.1, -0.05) is 6.07 Å². The number of anilines is 1. The van der Waals surface area contributed by atoms with Gasteiger partial charge in [0, 0.05) is 10.9 Å². The van der Waals surface area contributed by atoms with Crippen molar-refractivity contribution in [2.75, 3.05) is 31.3 Å². The minimum Gasteiger partial charge on any atom is -0.497 e. The van der Waals surface area contributed by atoms with E-state index in [1.165, 1.54) is 37.8 Å². The molecule has 1 N–H and O–H groups in total. The number of hydrazone groups is 1. The average Bonchev–Trinajstić information content (AvgIpc) is 3.11. The number of sulfonamides is 1. The predicted octanol–water partition coefficient (Wildman–Crippen LogP) is 1.68. The number of nitrogens with zero attached hydrogens (tertiary/aromatic N) is 2. The Morgan fingerprint density at radius 1 is 1.31 bits per heavy atom. The molecule has 0 aliphatic rings. The number of ether oxygens (including phenoxy) is 2. The van der Waals surface area contributed by atoms with Crippen LogP contribution < -0.4 is 19.2 Å². The number of thiophene rings is 1. The minimum absolute atomic E-state index is 0.201. The maximum atomic E-state index is 12.2. The predicted molar refractivity (Wildman–Crippen MR) is 102 cm³/mol. The lowest BCUT2D eigenvalue weighted by Gasteiger charge is -2.23. The molecule has 0 saturated heterocycles. The molecule has 0 atom stereocenters. The third-order valence-corrected chi connectivity index (χ3v) is 5.20. The highest BCUT2D eigenvalue weighted by Crippen LogP contribution is 2.33. The largest absolute Gasteiger partial charge is 0.497 e. The van der Waals surface area contributed by atoms with Gasteiger partial charge in [-0.15, -0.1) is 11.3 Å². The zero-order valence-corrected chi connectivity index (χ0v) is 16.1. The number of rotatable bonds is 8. The lowest BCUT2D eigenvalue weighted by molar-refractivity contribution is -0.119. The summed E-state index contributed by atoms with van der Waals surface area (Å²) in [5.41, 5.74) is 2.52. The van der Waals surface area contributed by atoms with Gasteiger partial charge in [0.05, 0.1) is 32.4 Å². The fraction of sp³-hybridized carbons (Fsp3) is 0.250. The molecule has 140 valence electrons. The molecule has 1 aromatic carbocycles. The van der Waals surface area contributed by atoms with Crippen LogP contribution in [0.2, 0.25) is 0 Å². The van der Waals surface area contributed by atoms with E-state index < -0.39 is 22.5 Å². The summed E-state index contributed by atoms with van der Waals surface area (Å²) in [5, 5.41) is 5.71. The third-order valence-electron chi connectivity index (χ3n) is 3.27. The molecular formula is C16H19N3O5S2. The summed E-state index contributed by atoms with van der Waals surface area (Å²) in [6.07, 6.45) is 2.49. The highest BCUT2D eigenvalue weighted by atomic mass is 32.2. The van der Waals surface area contributed by atoms with E-state index in [4.69, 9.17) is 9.47 Å². The molecule has 1 heterocycles. The maximum Gasteiger partial charge on any atom is 0.260 e. The van der Waals surface area contributed by atoms with Crippen molar-refractivity contribution < 1.29 is 22.7 Å². The fourth-order valence-electron chi connectivity index (χ4n) is 2.07. The van der Waals surface area contributed by atoms with Crippen molar-refractivity contribution in [1.82, 2.24) is 5.43 Å². The van der Waals surface area contributed by atoms with Crippen molar-refractivity contribution in [3.05, 3.63) is 40.6 Å². The monoisotopic (exact) mass is 397 g/mol. The molecule has 0 spiro atoms. The van der Waals surface area contributed by atoms with E-state index in [0.717, 1.165) is 15.4 Å². The number of hydrogen-bond acceptors (Lipinski definition) is 7. The van der Waals surface area contributed by atoms with Crippen LogP contribution in [0.5, 0.6) is 11.5 Å². The number of carbonyl (C=O) groups is 1. The number of methoxy groups -OCH3 is 2. The zero-order chi connectivity index (χ0) is 19.2. The summed E-state index contributed by atoms with van der Waals surface area (Å²) >= 11 is 1.46. The third kappa shape index (κ3) is 5.20. The van der Waals surface area contributed by atoms with Crippen molar-refractivity contribution in [3.8, 4) is 11.5 Å². The molecule has 0 unspecified atom stereocenters. The first-order valence-electron chi connectivity index (χ1n) is 7.40. The van der Waals surface area contributed by atoms with E-state index in [9.17, 15) is 13.2 Å². The molecule has 0 bridgehead atoms. The minimum atomic E-state index is -3.75. The van der Waals surface area contributed by atoms with Crippen molar-refractivity contribution in [2.45, 2.75) is 0 Å². The SMILES string of the molecule is COc1ccc(OC)c(N(CC(=O)NN=Cc2cccs2)S(C)(=O)=O)c1. The van der Waals surface area contributed by atoms with Gasteiger partial charge in [0.1, 0.15) is 18.0 Å². The van der Waals surface area contributed by atoms with Crippen molar-refractivity contribution >= 4 is 39.2 Å². The van der Waals surface area contributed by atoms with E-state index in [1.54, 1.807) is 12.1 Å². The Morgan fingerprint density at radius 2 is 2.08 bits per heavy atom. The Hall–Kier alpha value is -2.59. The van der Waals surface area contributed by atoms with E-state index in [0.29, 0.717) is 11.5 Å². The highest BCUT2D eigenvalue weighted by Gasteiger charge is 2.24. The summed E-state index contributed by atoms with van der Waals surface area (Å²) in [6, 6.07) is 8.38. The second-order valence-electron chi connectivity index (χ2n) is 5.12. The fourth-order valence-corrected chi connectivity index (χ4v) is 3.51. The first-order valence-corrected chi connectivity index (χ1v) is 10.1. The van der Waals surface area contributed by atoms with Gasteiger partial charge in [0.2, 0.25) is 10.0 Å². The molecule has 0 aliphatic carbocycles. The van der Waals surface area contributed by atoms with Gasteiger partial charge in [-0.05, 0) is 23.6 Å². The average molecular weight is 397 g/mol. The van der Waals surface area contributed by atoms with E-state index in [-0.39, 0.29) is 5.69 Å². The molecule has 0 aliphatic heterocycles. The molecule has 0 fully saturated rings. The number of nitrogens with one attached hydrogen (secondary N) is 1. The first-order chi connectivity index (χ1) is 12.3. The Labute approximate surface area is 156 Å². The highest BCUT2D eigenvalue weighted by molar-refractivity contribution is 7.92. The van der Waals surface area contributed by atoms with E-state index >= 15 is 0 Å². The Balaban J connectivity index is 2.22. The maximum absolute atomic E-state index is 12.2. The van der Waals surface area contributed by atoms with Gasteiger partial charge in [-0.25, -0.2) is 13.8 Å². The molecule has 0 saturated carbocycles. The van der Waals surface area contributed by atoms with Crippen molar-refractivity contribution in [2.24, 2.45) is 5.10 Å². The summed E-state index contributed by atoms with van der Waals surface area (Å²) in [5.74, 6) is 0.143. The molecule has 1 aromatic heterocycles. The normalized spacial score (nSPS) is 11.3. The van der Waals surface area contributed by atoms with E-state index in [1.807, 2.05) is 17.5 Å². The summed E-state index contributed by atoms with van der Waals surface area (Å²) in [6.45, 7) is -0.454. The number of amides is 1. The molecular weight excluding hydrogens is 378 g/mol. The van der Waals surface area contributed by atoms with Crippen LogP contribution in [0.15, 0.2) is 40.8 Å². The van der Waals surface area contributed by atoms with Crippen LogP contribution in [0.25, 0.3) is 0 Å². The van der Waals surface area contributed by atoms with Crippen LogP contribution in [-0.2, 0) is 14.8 Å². The van der Waals surface area contributed by atoms with Crippen molar-refractivity contribution in [1.29, 1.82) is 0 Å². The Kier molecular flexibility index (Phi) is 6.58. The molecule has 0 radical (unpaired) electrons. The molecule has 26 heavy (non-hydrogen) atoms. The lowest BCUT2D eigenvalue weighted by atomic mass is 10.2. The summed E-state index contributed by atoms with van der Waals surface area (Å²) in [4.78, 5) is 13.0. The van der Waals surface area contributed by atoms with Gasteiger partial charge < -0.3 is 9.47 Å². The summed E-state index contributed by atoms with van der Waals surface area (Å²) < 4.78 is 35.7. The second kappa shape index (κ2) is 8.68. The molecule has 2 aromatic rings. The Morgan fingerprint density at radius 3 is 2.65 bits per heavy atom. The number of carbonyl (C=O) groups excluding carboxylic acids is 1. The topological polar surface area (TPSA) is 97.3 Å². The molecule has 8 nitrogen and oxygen atoms in total. The van der Waals surface area contributed by atoms with Gasteiger partial charge in [-0.2, -0.15) is 5.10 Å². The number of hydrogen-bond donors (Lipinski definition) is 1. The molecule has 1 amide bonds. The molecule has 10 heteroatoms. The van der Waals surface area contributed by atoms with Crippen LogP contribution in [0.3, 0.4) is 0 Å². The van der Waals surface area contributed by atoms with E-state index in [2.05, 4.69) is 10.5 Å². The van der Waals surface area contributed by atoms with Gasteiger partial charge in [0.25, 0.3) is 5.91 Å². The van der Waals surface area contributed by atoms with Crippen LogP contribution in [0.1, 0.15) is 4.88 Å². The van der Waals surface area contributed by atoms with Gasteiger partial charge in [-0.3, -0.25) is 9.10 Å². The molecule has 2 rings (SSSR count). The van der Waals surface area contributed by atoms with Gasteiger partial charge >= 0.3 is 0 Å². The second-order valence-corrected chi connectivity index (χ2v) is 8.00. The smallest absolute Gasteiger partial charge is 0.260 e. The van der Waals surface area contributed by atoms with Crippen LogP contribution in [0, 0.1) is 0 Å². The van der Waals surface area contributed by atoms with Gasteiger partial charge in [0.15, 0.2) is 0 Å². The lowest BCUT2D eigenvalue weighted by Crippen LogP contribution is -2.39.